The Labute approximate surface area is 137 Å². The minimum absolute atomic E-state index is 0.0274. The van der Waals surface area contributed by atoms with Crippen molar-refractivity contribution in [3.8, 4) is 0 Å². The summed E-state index contributed by atoms with van der Waals surface area (Å²) in [6.07, 6.45) is 1.29. The third-order valence-corrected chi connectivity index (χ3v) is 5.80. The van der Waals surface area contributed by atoms with Gasteiger partial charge in [0.15, 0.2) is 0 Å². The van der Waals surface area contributed by atoms with Crippen LogP contribution in [-0.4, -0.2) is 21.9 Å². The summed E-state index contributed by atoms with van der Waals surface area (Å²) in [6.45, 7) is 1.11. The van der Waals surface area contributed by atoms with Gasteiger partial charge in [-0.25, -0.2) is 0 Å². The first-order valence-electron chi connectivity index (χ1n) is 7.21. The highest BCUT2D eigenvalue weighted by Gasteiger charge is 2.43. The molecule has 3 rings (SSSR count). The Balaban J connectivity index is 1.75. The molecule has 2 heterocycles. The summed E-state index contributed by atoms with van der Waals surface area (Å²) in [6, 6.07) is 7.96. The summed E-state index contributed by atoms with van der Waals surface area (Å²) in [7, 11) is 0. The van der Waals surface area contributed by atoms with Crippen LogP contribution in [0.25, 0.3) is 0 Å². The maximum Gasteiger partial charge on any atom is 0.307 e. The molecule has 2 atom stereocenters. The van der Waals surface area contributed by atoms with E-state index in [1.54, 1.807) is 27.6 Å². The minimum atomic E-state index is -0.850. The number of hydrogen-bond donors (Lipinski definition) is 1. The van der Waals surface area contributed by atoms with Gasteiger partial charge in [0.2, 0.25) is 5.91 Å². The van der Waals surface area contributed by atoms with Gasteiger partial charge in [0.1, 0.15) is 0 Å². The summed E-state index contributed by atoms with van der Waals surface area (Å²) in [5.41, 5.74) is 0. The molecule has 1 saturated carbocycles. The quantitative estimate of drug-likeness (QED) is 0.879. The van der Waals surface area contributed by atoms with Gasteiger partial charge in [0.25, 0.3) is 0 Å². The number of carboxylic acids is 1. The van der Waals surface area contributed by atoms with Gasteiger partial charge in [-0.3, -0.25) is 9.59 Å². The fraction of sp³-hybridized carbons (Fsp3) is 0.375. The van der Waals surface area contributed by atoms with E-state index >= 15 is 0 Å². The van der Waals surface area contributed by atoms with E-state index in [9.17, 15) is 14.7 Å². The molecule has 1 N–H and O–H groups in total. The predicted octanol–water partition coefficient (Wildman–Crippen LogP) is 3.45. The maximum absolute atomic E-state index is 12.8. The number of carbonyl (C=O) groups is 2. The van der Waals surface area contributed by atoms with Crippen LogP contribution in [0.3, 0.4) is 0 Å². The normalized spacial score (nSPS) is 20.4. The molecule has 0 radical (unpaired) electrons. The molecule has 6 heteroatoms. The monoisotopic (exact) mass is 335 g/mol. The van der Waals surface area contributed by atoms with E-state index < -0.39 is 11.9 Å². The van der Waals surface area contributed by atoms with Crippen molar-refractivity contribution in [2.75, 3.05) is 0 Å². The lowest BCUT2D eigenvalue weighted by Crippen LogP contribution is -2.45. The number of hydrogen-bond acceptors (Lipinski definition) is 4. The van der Waals surface area contributed by atoms with Crippen LogP contribution < -0.4 is 0 Å². The zero-order valence-corrected chi connectivity index (χ0v) is 13.6. The van der Waals surface area contributed by atoms with E-state index in [1.807, 2.05) is 35.0 Å². The summed E-state index contributed by atoms with van der Waals surface area (Å²) in [5, 5.41) is 13.2. The van der Waals surface area contributed by atoms with Crippen molar-refractivity contribution in [2.45, 2.75) is 25.9 Å². The fourth-order valence-corrected chi connectivity index (χ4v) is 4.16. The molecule has 0 aliphatic heterocycles. The molecule has 0 aromatic carbocycles. The third kappa shape index (κ3) is 3.23. The Morgan fingerprint density at radius 2 is 1.59 bits per heavy atom. The smallest absolute Gasteiger partial charge is 0.307 e. The molecule has 1 amide bonds. The highest BCUT2D eigenvalue weighted by molar-refractivity contribution is 7.10. The lowest BCUT2D eigenvalue weighted by atomic mass is 9.73. The van der Waals surface area contributed by atoms with Crippen LogP contribution in [0.4, 0.5) is 0 Å². The summed E-state index contributed by atoms with van der Waals surface area (Å²) in [5.74, 6) is -1.75. The summed E-state index contributed by atoms with van der Waals surface area (Å²) >= 11 is 3.24. The van der Waals surface area contributed by atoms with Crippen molar-refractivity contribution in [3.05, 3.63) is 44.8 Å². The summed E-state index contributed by atoms with van der Waals surface area (Å²) in [4.78, 5) is 28.0. The van der Waals surface area contributed by atoms with E-state index in [0.29, 0.717) is 25.9 Å². The van der Waals surface area contributed by atoms with Gasteiger partial charge >= 0.3 is 5.97 Å². The van der Waals surface area contributed by atoms with Gasteiger partial charge in [0, 0.05) is 9.75 Å². The molecule has 4 nitrogen and oxygen atoms in total. The first kappa shape index (κ1) is 15.2. The van der Waals surface area contributed by atoms with Crippen molar-refractivity contribution in [1.29, 1.82) is 0 Å². The third-order valence-electron chi connectivity index (χ3n) is 4.07. The molecule has 0 spiro atoms. The Kier molecular flexibility index (Phi) is 4.59. The van der Waals surface area contributed by atoms with Crippen LogP contribution >= 0.6 is 22.7 Å². The Morgan fingerprint density at radius 1 is 1.05 bits per heavy atom. The Morgan fingerprint density at radius 3 is 1.95 bits per heavy atom. The number of carbonyl (C=O) groups excluding carboxylic acids is 1. The van der Waals surface area contributed by atoms with Gasteiger partial charge in [-0.2, -0.15) is 0 Å². The lowest BCUT2D eigenvalue weighted by molar-refractivity contribution is -0.157. The zero-order valence-electron chi connectivity index (χ0n) is 12.0. The van der Waals surface area contributed by atoms with Crippen molar-refractivity contribution in [1.82, 2.24) is 4.90 Å². The Bertz CT molecular complexity index is 600. The van der Waals surface area contributed by atoms with Crippen molar-refractivity contribution >= 4 is 34.6 Å². The predicted molar refractivity (Wildman–Crippen MR) is 86.7 cm³/mol. The average molecular weight is 335 g/mol. The van der Waals surface area contributed by atoms with E-state index in [0.717, 1.165) is 9.75 Å². The molecule has 22 heavy (non-hydrogen) atoms. The topological polar surface area (TPSA) is 57.6 Å². The number of rotatable bonds is 6. The second kappa shape index (κ2) is 6.62. The fourth-order valence-electron chi connectivity index (χ4n) is 2.72. The van der Waals surface area contributed by atoms with Crippen molar-refractivity contribution in [2.24, 2.45) is 11.8 Å². The highest BCUT2D eigenvalue weighted by atomic mass is 32.1. The van der Waals surface area contributed by atoms with Gasteiger partial charge in [0.05, 0.1) is 24.9 Å². The van der Waals surface area contributed by atoms with Crippen LogP contribution in [0.2, 0.25) is 0 Å². The first-order chi connectivity index (χ1) is 10.6. The molecule has 116 valence electrons. The average Bonchev–Trinajstić information content (AvgIpc) is 3.09. The van der Waals surface area contributed by atoms with Crippen LogP contribution in [0.1, 0.15) is 22.6 Å². The molecule has 0 bridgehead atoms. The number of thiophene rings is 2. The molecule has 0 saturated heterocycles. The van der Waals surface area contributed by atoms with Gasteiger partial charge in [-0.1, -0.05) is 12.1 Å². The van der Waals surface area contributed by atoms with E-state index in [-0.39, 0.29) is 11.8 Å². The molecule has 1 fully saturated rings. The van der Waals surface area contributed by atoms with Gasteiger partial charge in [-0.05, 0) is 35.7 Å². The lowest BCUT2D eigenvalue weighted by Gasteiger charge is -2.36. The second-order valence-electron chi connectivity index (χ2n) is 5.48. The molecule has 1 aliphatic rings. The van der Waals surface area contributed by atoms with Crippen molar-refractivity contribution < 1.29 is 14.7 Å². The van der Waals surface area contributed by atoms with E-state index in [4.69, 9.17) is 0 Å². The SMILES string of the molecule is O=C(O)[C@@H]1CC[C@@H]1C(=O)N(Cc1cccs1)Cc1cccs1. The molecule has 2 aromatic heterocycles. The second-order valence-corrected chi connectivity index (χ2v) is 7.55. The van der Waals surface area contributed by atoms with Crippen LogP contribution in [0.15, 0.2) is 35.0 Å². The molecule has 1 aliphatic carbocycles. The maximum atomic E-state index is 12.8. The molecule has 2 aromatic rings. The molecule has 0 unspecified atom stereocenters. The number of nitrogens with zero attached hydrogens (tertiary/aromatic N) is 1. The number of carboxylic acid groups (broad SMARTS) is 1. The van der Waals surface area contributed by atoms with Crippen molar-refractivity contribution in [3.63, 3.8) is 0 Å². The Hall–Kier alpha value is -1.66. The number of amides is 1. The summed E-state index contributed by atoms with van der Waals surface area (Å²) < 4.78 is 0. The highest BCUT2D eigenvalue weighted by Crippen LogP contribution is 2.36. The molecular formula is C16H17NO3S2. The van der Waals surface area contributed by atoms with Crippen LogP contribution in [0, 0.1) is 11.8 Å². The van der Waals surface area contributed by atoms with Crippen LogP contribution in [0.5, 0.6) is 0 Å². The standard InChI is InChI=1S/C16H17NO3S2/c18-15(13-5-6-14(13)16(19)20)17(9-11-3-1-7-21-11)10-12-4-2-8-22-12/h1-4,7-8,13-14H,5-6,9-10H2,(H,19,20)/t13-,14+/m0/s1. The van der Waals surface area contributed by atoms with E-state index in [2.05, 4.69) is 0 Å². The molecular weight excluding hydrogens is 318 g/mol. The minimum Gasteiger partial charge on any atom is -0.481 e. The first-order valence-corrected chi connectivity index (χ1v) is 8.97. The largest absolute Gasteiger partial charge is 0.481 e. The zero-order chi connectivity index (χ0) is 15.5. The van der Waals surface area contributed by atoms with Crippen LogP contribution in [-0.2, 0) is 22.7 Å². The van der Waals surface area contributed by atoms with E-state index in [1.165, 1.54) is 0 Å². The van der Waals surface area contributed by atoms with Gasteiger partial charge < -0.3 is 10.0 Å². The number of aliphatic carboxylic acids is 1. The van der Waals surface area contributed by atoms with Gasteiger partial charge in [-0.15, -0.1) is 22.7 Å².